The van der Waals surface area contributed by atoms with Gasteiger partial charge in [-0.25, -0.2) is 8.78 Å². The number of nitrogens with zero attached hydrogens (tertiary/aromatic N) is 3. The summed E-state index contributed by atoms with van der Waals surface area (Å²) in [5.41, 5.74) is 0.289. The first-order valence-corrected chi connectivity index (χ1v) is 7.43. The summed E-state index contributed by atoms with van der Waals surface area (Å²) in [4.78, 5) is 13.6. The minimum absolute atomic E-state index is 0.0397. The molecule has 0 saturated carbocycles. The summed E-state index contributed by atoms with van der Waals surface area (Å²) >= 11 is 0. The van der Waals surface area contributed by atoms with Crippen molar-refractivity contribution in [3.63, 3.8) is 0 Å². The largest absolute Gasteiger partial charge is 0.391 e. The Morgan fingerprint density at radius 3 is 2.82 bits per heavy atom. The lowest BCUT2D eigenvalue weighted by molar-refractivity contribution is -0.0974. The molecule has 1 aromatic rings. The van der Waals surface area contributed by atoms with Crippen LogP contribution in [0, 0.1) is 0 Å². The van der Waals surface area contributed by atoms with E-state index in [9.17, 15) is 18.7 Å². The maximum Gasteiger partial charge on any atom is 0.272 e. The van der Waals surface area contributed by atoms with E-state index in [1.165, 1.54) is 12.3 Å². The number of aliphatic hydroxyl groups excluding tert-OH is 1. The molecule has 2 aliphatic heterocycles. The standard InChI is InChI=1S/C14H19F2N3O3/c15-14(16)7-11(20)8-18(9-14)13(21)12-1-4-17-19(12)10-2-5-22-6-3-10/h1,4,10-11,20H,2-3,5-9H2. The number of β-amino-alcohol motifs (C(OH)–C–C–N with tert-alkyl or cyclic N) is 1. The number of ether oxygens (including phenoxy) is 1. The Labute approximate surface area is 126 Å². The van der Waals surface area contributed by atoms with Crippen LogP contribution in [0.15, 0.2) is 12.3 Å². The molecule has 1 aromatic heterocycles. The van der Waals surface area contributed by atoms with E-state index in [2.05, 4.69) is 5.10 Å². The number of piperidine rings is 1. The van der Waals surface area contributed by atoms with E-state index in [4.69, 9.17) is 4.74 Å². The van der Waals surface area contributed by atoms with Crippen LogP contribution in [0.2, 0.25) is 0 Å². The summed E-state index contributed by atoms with van der Waals surface area (Å²) in [5, 5.41) is 13.7. The van der Waals surface area contributed by atoms with E-state index in [-0.39, 0.29) is 18.3 Å². The van der Waals surface area contributed by atoms with Crippen LogP contribution in [0.1, 0.15) is 35.8 Å². The number of amides is 1. The van der Waals surface area contributed by atoms with Crippen molar-refractivity contribution >= 4 is 5.91 Å². The summed E-state index contributed by atoms with van der Waals surface area (Å²) in [6, 6.07) is 1.58. The summed E-state index contributed by atoms with van der Waals surface area (Å²) < 4.78 is 34.0. The van der Waals surface area contributed by atoms with Gasteiger partial charge in [-0.05, 0) is 18.9 Å². The maximum absolute atomic E-state index is 13.6. The maximum atomic E-state index is 13.6. The summed E-state index contributed by atoms with van der Waals surface area (Å²) in [6.07, 6.45) is 1.17. The third kappa shape index (κ3) is 3.12. The lowest BCUT2D eigenvalue weighted by atomic mass is 10.0. The van der Waals surface area contributed by atoms with Gasteiger partial charge in [0.1, 0.15) is 5.69 Å². The van der Waals surface area contributed by atoms with Crippen molar-refractivity contribution in [3.05, 3.63) is 18.0 Å². The van der Waals surface area contributed by atoms with Crippen LogP contribution < -0.4 is 0 Å². The minimum Gasteiger partial charge on any atom is -0.391 e. The van der Waals surface area contributed by atoms with E-state index in [1.54, 1.807) is 4.68 Å². The number of hydrogen-bond acceptors (Lipinski definition) is 4. The van der Waals surface area contributed by atoms with Crippen molar-refractivity contribution < 1.29 is 23.4 Å². The van der Waals surface area contributed by atoms with Gasteiger partial charge >= 0.3 is 0 Å². The topological polar surface area (TPSA) is 67.6 Å². The first-order valence-electron chi connectivity index (χ1n) is 7.43. The van der Waals surface area contributed by atoms with Crippen molar-refractivity contribution in [2.45, 2.75) is 37.3 Å². The van der Waals surface area contributed by atoms with Gasteiger partial charge in [-0.3, -0.25) is 9.48 Å². The Morgan fingerprint density at radius 1 is 1.41 bits per heavy atom. The normalized spacial score (nSPS) is 26.1. The lowest BCUT2D eigenvalue weighted by Crippen LogP contribution is -2.52. The monoisotopic (exact) mass is 315 g/mol. The van der Waals surface area contributed by atoms with Crippen LogP contribution >= 0.6 is 0 Å². The minimum atomic E-state index is -3.06. The number of halogens is 2. The second kappa shape index (κ2) is 5.92. The van der Waals surface area contributed by atoms with Gasteiger partial charge in [-0.15, -0.1) is 0 Å². The van der Waals surface area contributed by atoms with Crippen molar-refractivity contribution in [1.82, 2.24) is 14.7 Å². The van der Waals surface area contributed by atoms with Crippen LogP contribution in [-0.2, 0) is 4.74 Å². The van der Waals surface area contributed by atoms with Crippen molar-refractivity contribution in [2.24, 2.45) is 0 Å². The number of likely N-dealkylation sites (tertiary alicyclic amines) is 1. The molecule has 2 fully saturated rings. The second-order valence-corrected chi connectivity index (χ2v) is 5.90. The van der Waals surface area contributed by atoms with Gasteiger partial charge in [-0.1, -0.05) is 0 Å². The number of aromatic nitrogens is 2. The molecule has 8 heteroatoms. The van der Waals surface area contributed by atoms with Gasteiger partial charge in [-0.2, -0.15) is 5.10 Å². The predicted octanol–water partition coefficient (Wildman–Crippen LogP) is 1.08. The van der Waals surface area contributed by atoms with Gasteiger partial charge < -0.3 is 14.7 Å². The molecule has 22 heavy (non-hydrogen) atoms. The molecule has 6 nitrogen and oxygen atoms in total. The Hall–Kier alpha value is -1.54. The van der Waals surface area contributed by atoms with Crippen LogP contribution in [0.25, 0.3) is 0 Å². The smallest absolute Gasteiger partial charge is 0.272 e. The first kappa shape index (κ1) is 15.4. The van der Waals surface area contributed by atoms with Crippen molar-refractivity contribution in [1.29, 1.82) is 0 Å². The Kier molecular flexibility index (Phi) is 4.14. The molecular formula is C14H19F2N3O3. The average molecular weight is 315 g/mol. The van der Waals surface area contributed by atoms with E-state index in [0.29, 0.717) is 13.2 Å². The van der Waals surface area contributed by atoms with Crippen molar-refractivity contribution in [3.8, 4) is 0 Å². The molecule has 0 spiro atoms. The summed E-state index contributed by atoms with van der Waals surface area (Å²) in [7, 11) is 0. The number of aliphatic hydroxyl groups is 1. The Balaban J connectivity index is 1.79. The molecule has 1 amide bonds. The summed E-state index contributed by atoms with van der Waals surface area (Å²) in [6.45, 7) is 0.451. The van der Waals surface area contributed by atoms with Crippen molar-refractivity contribution in [2.75, 3.05) is 26.3 Å². The number of carbonyl (C=O) groups is 1. The Bertz CT molecular complexity index is 543. The highest BCUT2D eigenvalue weighted by Crippen LogP contribution is 2.29. The molecule has 0 radical (unpaired) electrons. The highest BCUT2D eigenvalue weighted by atomic mass is 19.3. The zero-order valence-electron chi connectivity index (χ0n) is 12.1. The second-order valence-electron chi connectivity index (χ2n) is 5.90. The molecule has 0 aromatic carbocycles. The molecule has 2 saturated heterocycles. The van der Waals surface area contributed by atoms with E-state index in [1.807, 2.05) is 0 Å². The molecular weight excluding hydrogens is 296 g/mol. The third-order valence-corrected chi connectivity index (χ3v) is 4.10. The highest BCUT2D eigenvalue weighted by molar-refractivity contribution is 5.92. The zero-order chi connectivity index (χ0) is 15.7. The van der Waals surface area contributed by atoms with Gasteiger partial charge in [0.05, 0.1) is 18.7 Å². The van der Waals surface area contributed by atoms with Crippen LogP contribution in [-0.4, -0.2) is 64.0 Å². The molecule has 2 aliphatic rings. The molecule has 3 heterocycles. The molecule has 3 rings (SSSR count). The molecule has 1 N–H and O–H groups in total. The lowest BCUT2D eigenvalue weighted by Gasteiger charge is -2.35. The molecule has 122 valence electrons. The first-order chi connectivity index (χ1) is 10.5. The molecule has 1 unspecified atom stereocenters. The molecule has 0 bridgehead atoms. The van der Waals surface area contributed by atoms with E-state index >= 15 is 0 Å². The average Bonchev–Trinajstić information content (AvgIpc) is 2.94. The van der Waals surface area contributed by atoms with Gasteiger partial charge in [0.15, 0.2) is 0 Å². The number of alkyl halides is 2. The van der Waals surface area contributed by atoms with Crippen LogP contribution in [0.3, 0.4) is 0 Å². The Morgan fingerprint density at radius 2 is 2.14 bits per heavy atom. The predicted molar refractivity (Wildman–Crippen MR) is 72.8 cm³/mol. The summed E-state index contributed by atoms with van der Waals surface area (Å²) in [5.74, 6) is -3.57. The fraction of sp³-hybridized carbons (Fsp3) is 0.714. The van der Waals surface area contributed by atoms with Crippen LogP contribution in [0.5, 0.6) is 0 Å². The SMILES string of the molecule is O=C(c1ccnn1C1CCOCC1)N1CC(O)CC(F)(F)C1. The molecule has 0 aliphatic carbocycles. The number of hydrogen-bond donors (Lipinski definition) is 1. The van der Waals surface area contributed by atoms with Crippen LogP contribution in [0.4, 0.5) is 8.78 Å². The number of rotatable bonds is 2. The number of carbonyl (C=O) groups excluding carboxylic acids is 1. The van der Waals surface area contributed by atoms with Gasteiger partial charge in [0.2, 0.25) is 0 Å². The highest BCUT2D eigenvalue weighted by Gasteiger charge is 2.42. The van der Waals surface area contributed by atoms with Gasteiger partial charge in [0, 0.05) is 32.4 Å². The van der Waals surface area contributed by atoms with E-state index < -0.39 is 30.9 Å². The third-order valence-electron chi connectivity index (χ3n) is 4.10. The molecule has 1 atom stereocenters. The zero-order valence-corrected chi connectivity index (χ0v) is 12.1. The quantitative estimate of drug-likeness (QED) is 0.887. The van der Waals surface area contributed by atoms with E-state index in [0.717, 1.165) is 17.7 Å². The van der Waals surface area contributed by atoms with Gasteiger partial charge in [0.25, 0.3) is 11.8 Å². The fourth-order valence-electron chi connectivity index (χ4n) is 3.09. The fourth-order valence-corrected chi connectivity index (χ4v) is 3.09.